The third-order valence-corrected chi connectivity index (χ3v) is 4.12. The van der Waals surface area contributed by atoms with Gasteiger partial charge < -0.3 is 14.7 Å². The molecule has 2 atom stereocenters. The summed E-state index contributed by atoms with van der Waals surface area (Å²) in [7, 11) is 2.06. The number of aliphatic hydroxyl groups is 1. The SMILES string of the molecule is CCC(CC)n1ccc(CC(O)C2CN(C)CCO2)n1. The van der Waals surface area contributed by atoms with E-state index in [0.717, 1.165) is 31.6 Å². The number of aliphatic hydroxyl groups excluding tert-OH is 1. The molecule has 0 spiro atoms. The lowest BCUT2D eigenvalue weighted by Crippen LogP contribution is -2.46. The van der Waals surface area contributed by atoms with Crippen molar-refractivity contribution in [3.8, 4) is 0 Å². The standard InChI is InChI=1S/C15H27N3O2/c1-4-13(5-2)18-7-6-12(16-18)10-14(19)15-11-17(3)8-9-20-15/h6-7,13-15,19H,4-5,8-11H2,1-3H3. The van der Waals surface area contributed by atoms with E-state index >= 15 is 0 Å². The molecule has 2 heterocycles. The van der Waals surface area contributed by atoms with Crippen molar-refractivity contribution >= 4 is 0 Å². The second-order valence-corrected chi connectivity index (χ2v) is 5.70. The zero-order valence-corrected chi connectivity index (χ0v) is 12.8. The highest BCUT2D eigenvalue weighted by atomic mass is 16.5. The first-order valence-electron chi connectivity index (χ1n) is 7.66. The molecule has 0 aromatic carbocycles. The van der Waals surface area contributed by atoms with Crippen LogP contribution in [0.2, 0.25) is 0 Å². The summed E-state index contributed by atoms with van der Waals surface area (Å²) in [6.45, 7) is 6.77. The van der Waals surface area contributed by atoms with E-state index in [2.05, 4.69) is 30.9 Å². The maximum absolute atomic E-state index is 10.3. The molecule has 5 heteroatoms. The molecule has 1 N–H and O–H groups in total. The van der Waals surface area contributed by atoms with Crippen LogP contribution in [0, 0.1) is 0 Å². The van der Waals surface area contributed by atoms with E-state index in [9.17, 15) is 5.11 Å². The van der Waals surface area contributed by atoms with Crippen molar-refractivity contribution in [3.05, 3.63) is 18.0 Å². The summed E-state index contributed by atoms with van der Waals surface area (Å²) in [6.07, 6.45) is 4.15. The topological polar surface area (TPSA) is 50.5 Å². The first kappa shape index (κ1) is 15.5. The fourth-order valence-corrected chi connectivity index (χ4v) is 2.74. The van der Waals surface area contributed by atoms with Gasteiger partial charge in [0, 0.05) is 25.7 Å². The molecule has 1 aliphatic rings. The lowest BCUT2D eigenvalue weighted by Gasteiger charge is -2.32. The third kappa shape index (κ3) is 3.81. The number of ether oxygens (including phenoxy) is 1. The molecule has 0 saturated carbocycles. The van der Waals surface area contributed by atoms with Crippen LogP contribution in [0.3, 0.4) is 0 Å². The minimum atomic E-state index is -0.484. The van der Waals surface area contributed by atoms with Crippen LogP contribution in [-0.4, -0.2) is 58.7 Å². The molecule has 0 aliphatic carbocycles. The summed E-state index contributed by atoms with van der Waals surface area (Å²) in [5.41, 5.74) is 0.946. The van der Waals surface area contributed by atoms with Gasteiger partial charge in [0.15, 0.2) is 0 Å². The quantitative estimate of drug-likeness (QED) is 0.858. The summed E-state index contributed by atoms with van der Waals surface area (Å²) < 4.78 is 7.68. The molecule has 20 heavy (non-hydrogen) atoms. The van der Waals surface area contributed by atoms with Crippen LogP contribution in [0.25, 0.3) is 0 Å². The predicted molar refractivity (Wildman–Crippen MR) is 78.8 cm³/mol. The molecule has 0 radical (unpaired) electrons. The molecule has 1 aromatic rings. The maximum atomic E-state index is 10.3. The van der Waals surface area contributed by atoms with Crippen molar-refractivity contribution in [1.82, 2.24) is 14.7 Å². The Balaban J connectivity index is 1.92. The smallest absolute Gasteiger partial charge is 0.0964 e. The van der Waals surface area contributed by atoms with Crippen molar-refractivity contribution in [3.63, 3.8) is 0 Å². The van der Waals surface area contributed by atoms with E-state index in [4.69, 9.17) is 4.74 Å². The van der Waals surface area contributed by atoms with Crippen molar-refractivity contribution in [1.29, 1.82) is 0 Å². The number of rotatable bonds is 6. The van der Waals surface area contributed by atoms with Crippen LogP contribution in [0.15, 0.2) is 12.3 Å². The van der Waals surface area contributed by atoms with E-state index in [-0.39, 0.29) is 6.10 Å². The Labute approximate surface area is 121 Å². The number of aromatic nitrogens is 2. The number of hydrogen-bond acceptors (Lipinski definition) is 4. The van der Waals surface area contributed by atoms with E-state index in [1.807, 2.05) is 16.9 Å². The molecule has 1 aliphatic heterocycles. The maximum Gasteiger partial charge on any atom is 0.0964 e. The van der Waals surface area contributed by atoms with E-state index in [1.165, 1.54) is 0 Å². The zero-order chi connectivity index (χ0) is 14.5. The van der Waals surface area contributed by atoms with Crippen LogP contribution in [0.4, 0.5) is 0 Å². The Morgan fingerprint density at radius 2 is 2.20 bits per heavy atom. The summed E-state index contributed by atoms with van der Waals surface area (Å²) in [5, 5.41) is 14.9. The lowest BCUT2D eigenvalue weighted by atomic mass is 10.1. The minimum absolute atomic E-state index is 0.105. The van der Waals surface area contributed by atoms with Crippen LogP contribution >= 0.6 is 0 Å². The van der Waals surface area contributed by atoms with Gasteiger partial charge in [-0.05, 0) is 26.0 Å². The van der Waals surface area contributed by atoms with E-state index in [0.29, 0.717) is 19.1 Å². The number of hydrogen-bond donors (Lipinski definition) is 1. The van der Waals surface area contributed by atoms with Crippen molar-refractivity contribution in [2.75, 3.05) is 26.7 Å². The van der Waals surface area contributed by atoms with Gasteiger partial charge >= 0.3 is 0 Å². The molecule has 0 bridgehead atoms. The Morgan fingerprint density at radius 3 is 2.85 bits per heavy atom. The van der Waals surface area contributed by atoms with E-state index < -0.39 is 6.10 Å². The second-order valence-electron chi connectivity index (χ2n) is 5.70. The number of nitrogens with zero attached hydrogens (tertiary/aromatic N) is 3. The van der Waals surface area contributed by atoms with Gasteiger partial charge in [0.05, 0.1) is 30.6 Å². The van der Waals surface area contributed by atoms with Crippen LogP contribution in [-0.2, 0) is 11.2 Å². The van der Waals surface area contributed by atoms with Crippen molar-refractivity contribution < 1.29 is 9.84 Å². The zero-order valence-electron chi connectivity index (χ0n) is 12.8. The lowest BCUT2D eigenvalue weighted by molar-refractivity contribution is -0.0826. The van der Waals surface area contributed by atoms with Crippen LogP contribution in [0.1, 0.15) is 38.4 Å². The Morgan fingerprint density at radius 1 is 1.45 bits per heavy atom. The molecular weight excluding hydrogens is 254 g/mol. The number of likely N-dealkylation sites (N-methyl/N-ethyl adjacent to an activating group) is 1. The van der Waals surface area contributed by atoms with Gasteiger partial charge in [0.25, 0.3) is 0 Å². The van der Waals surface area contributed by atoms with Gasteiger partial charge in [0.1, 0.15) is 0 Å². The fourth-order valence-electron chi connectivity index (χ4n) is 2.74. The first-order valence-corrected chi connectivity index (χ1v) is 7.66. The molecule has 1 fully saturated rings. The highest BCUT2D eigenvalue weighted by Crippen LogP contribution is 2.16. The van der Waals surface area contributed by atoms with Gasteiger partial charge in [-0.15, -0.1) is 0 Å². The molecule has 1 aromatic heterocycles. The Kier molecular flexibility index (Phi) is 5.57. The van der Waals surface area contributed by atoms with Crippen LogP contribution in [0.5, 0.6) is 0 Å². The molecule has 1 saturated heterocycles. The normalized spacial score (nSPS) is 22.4. The average molecular weight is 281 g/mol. The monoisotopic (exact) mass is 281 g/mol. The Bertz CT molecular complexity index is 404. The summed E-state index contributed by atoms with van der Waals surface area (Å²) in [5.74, 6) is 0. The molecular formula is C15H27N3O2. The predicted octanol–water partition coefficient (Wildman–Crippen LogP) is 1.48. The summed E-state index contributed by atoms with van der Waals surface area (Å²) in [6, 6.07) is 2.46. The molecule has 0 amide bonds. The molecule has 2 rings (SSSR count). The van der Waals surface area contributed by atoms with Gasteiger partial charge in [-0.25, -0.2) is 0 Å². The van der Waals surface area contributed by atoms with Gasteiger partial charge in [0.2, 0.25) is 0 Å². The molecule has 5 nitrogen and oxygen atoms in total. The minimum Gasteiger partial charge on any atom is -0.390 e. The highest BCUT2D eigenvalue weighted by Gasteiger charge is 2.26. The van der Waals surface area contributed by atoms with Gasteiger partial charge in [-0.1, -0.05) is 13.8 Å². The van der Waals surface area contributed by atoms with Gasteiger partial charge in [-0.3, -0.25) is 4.68 Å². The highest BCUT2D eigenvalue weighted by molar-refractivity contribution is 5.02. The van der Waals surface area contributed by atoms with Crippen molar-refractivity contribution in [2.24, 2.45) is 0 Å². The van der Waals surface area contributed by atoms with Gasteiger partial charge in [-0.2, -0.15) is 5.10 Å². The average Bonchev–Trinajstić information content (AvgIpc) is 2.88. The Hall–Kier alpha value is -0.910. The summed E-state index contributed by atoms with van der Waals surface area (Å²) >= 11 is 0. The van der Waals surface area contributed by atoms with Crippen molar-refractivity contribution in [2.45, 2.75) is 51.4 Å². The van der Waals surface area contributed by atoms with Crippen LogP contribution < -0.4 is 0 Å². The fraction of sp³-hybridized carbons (Fsp3) is 0.800. The largest absolute Gasteiger partial charge is 0.390 e. The second kappa shape index (κ2) is 7.20. The molecule has 2 unspecified atom stereocenters. The molecule has 114 valence electrons. The first-order chi connectivity index (χ1) is 9.63. The van der Waals surface area contributed by atoms with E-state index in [1.54, 1.807) is 0 Å². The number of morpholine rings is 1. The third-order valence-electron chi connectivity index (χ3n) is 4.12. The summed E-state index contributed by atoms with van der Waals surface area (Å²) in [4.78, 5) is 2.19.